The maximum Gasteiger partial charge on any atom is 0.141 e. The average molecular weight is 395 g/mol. The van der Waals surface area contributed by atoms with Crippen molar-refractivity contribution in [3.05, 3.63) is 108 Å². The van der Waals surface area contributed by atoms with Crippen LogP contribution < -0.4 is 0 Å². The maximum atomic E-state index is 15.2. The fourth-order valence-electron chi connectivity index (χ4n) is 3.62. The molecule has 0 atom stereocenters. The summed E-state index contributed by atoms with van der Waals surface area (Å²) in [6.45, 7) is 3.74. The number of fused-ring (bicyclic) bond motifs is 1. The normalized spacial score (nSPS) is 10.7. The van der Waals surface area contributed by atoms with Gasteiger partial charge in [0, 0.05) is 10.9 Å². The van der Waals surface area contributed by atoms with Gasteiger partial charge >= 0.3 is 0 Å². The molecule has 0 bridgehead atoms. The number of nitriles is 1. The third-order valence-corrected chi connectivity index (χ3v) is 5.27. The molecule has 1 nitrogen and oxygen atoms in total. The molecular weight excluding hydrogens is 376 g/mol. The topological polar surface area (TPSA) is 23.8 Å². The number of hydrogen-bond acceptors (Lipinski definition) is 1. The van der Waals surface area contributed by atoms with E-state index < -0.39 is 5.82 Å². The van der Waals surface area contributed by atoms with Crippen molar-refractivity contribution in [3.63, 3.8) is 0 Å². The number of benzene rings is 4. The van der Waals surface area contributed by atoms with Gasteiger partial charge in [-0.2, -0.15) is 5.26 Å². The molecular formula is C27H19F2N. The molecule has 3 heteroatoms. The molecule has 0 aliphatic rings. The fourth-order valence-corrected chi connectivity index (χ4v) is 3.62. The highest BCUT2D eigenvalue weighted by Crippen LogP contribution is 2.31. The number of rotatable bonds is 5. The standard InChI is InChI=1S/C27H19F2N/c1-2-3-4-18-5-13-25-22(15-18)12-14-24(27(25)29)20-8-6-19(7-9-20)21-10-11-23(17-30)26(28)16-21/h2,5-16H,1,3-4H2. The Morgan fingerprint density at radius 1 is 0.833 bits per heavy atom. The summed E-state index contributed by atoms with van der Waals surface area (Å²) >= 11 is 0. The molecule has 30 heavy (non-hydrogen) atoms. The van der Waals surface area contributed by atoms with Crippen molar-refractivity contribution in [1.29, 1.82) is 5.26 Å². The van der Waals surface area contributed by atoms with E-state index in [1.54, 1.807) is 12.1 Å². The molecule has 4 aromatic carbocycles. The van der Waals surface area contributed by atoms with Gasteiger partial charge in [-0.1, -0.05) is 66.7 Å². The lowest BCUT2D eigenvalue weighted by Crippen LogP contribution is -1.90. The van der Waals surface area contributed by atoms with Crippen molar-refractivity contribution < 1.29 is 8.78 Å². The highest BCUT2D eigenvalue weighted by molar-refractivity contribution is 5.89. The highest BCUT2D eigenvalue weighted by atomic mass is 19.1. The summed E-state index contributed by atoms with van der Waals surface area (Å²) in [5.41, 5.74) is 3.93. The number of aryl methyl sites for hydroxylation is 1. The average Bonchev–Trinajstić information content (AvgIpc) is 2.78. The Morgan fingerprint density at radius 2 is 1.57 bits per heavy atom. The van der Waals surface area contributed by atoms with Crippen LogP contribution in [0.25, 0.3) is 33.0 Å². The first-order valence-corrected chi connectivity index (χ1v) is 9.73. The molecule has 0 saturated heterocycles. The first kappa shape index (κ1) is 19.5. The van der Waals surface area contributed by atoms with Gasteiger partial charge in [-0.15, -0.1) is 6.58 Å². The molecule has 0 unspecified atom stereocenters. The molecule has 0 aliphatic carbocycles. The van der Waals surface area contributed by atoms with Gasteiger partial charge in [-0.3, -0.25) is 0 Å². The fraction of sp³-hybridized carbons (Fsp3) is 0.0741. The lowest BCUT2D eigenvalue weighted by atomic mass is 9.96. The smallest absolute Gasteiger partial charge is 0.141 e. The number of allylic oxidation sites excluding steroid dienone is 1. The Hall–Kier alpha value is -3.77. The Bertz CT molecular complexity index is 1280. The molecule has 0 saturated carbocycles. The lowest BCUT2D eigenvalue weighted by molar-refractivity contribution is 0.624. The quantitative estimate of drug-likeness (QED) is 0.322. The van der Waals surface area contributed by atoms with Crippen LogP contribution in [0.5, 0.6) is 0 Å². The van der Waals surface area contributed by atoms with E-state index in [1.165, 1.54) is 12.1 Å². The molecule has 0 spiro atoms. The minimum absolute atomic E-state index is 0.0151. The van der Waals surface area contributed by atoms with Gasteiger partial charge in [-0.25, -0.2) is 8.78 Å². The van der Waals surface area contributed by atoms with Crippen molar-refractivity contribution in [2.24, 2.45) is 0 Å². The van der Waals surface area contributed by atoms with E-state index in [-0.39, 0.29) is 11.4 Å². The second-order valence-corrected chi connectivity index (χ2v) is 7.19. The minimum atomic E-state index is -0.549. The molecule has 146 valence electrons. The summed E-state index contributed by atoms with van der Waals surface area (Å²) in [7, 11) is 0. The van der Waals surface area contributed by atoms with Crippen LogP contribution in [0.15, 0.2) is 85.5 Å². The van der Waals surface area contributed by atoms with E-state index in [1.807, 2.05) is 60.7 Å². The van der Waals surface area contributed by atoms with E-state index in [2.05, 4.69) is 6.58 Å². The molecule has 0 amide bonds. The van der Waals surface area contributed by atoms with Crippen LogP contribution in [0.1, 0.15) is 17.5 Å². The Morgan fingerprint density at radius 3 is 2.27 bits per heavy atom. The van der Waals surface area contributed by atoms with Gasteiger partial charge in [0.1, 0.15) is 17.7 Å². The monoisotopic (exact) mass is 395 g/mol. The summed E-state index contributed by atoms with van der Waals surface area (Å²) in [6, 6.07) is 23.2. The van der Waals surface area contributed by atoms with Crippen LogP contribution in [-0.2, 0) is 6.42 Å². The van der Waals surface area contributed by atoms with Crippen LogP contribution in [-0.4, -0.2) is 0 Å². The van der Waals surface area contributed by atoms with Gasteiger partial charge in [0.25, 0.3) is 0 Å². The molecule has 0 heterocycles. The van der Waals surface area contributed by atoms with Gasteiger partial charge in [0.2, 0.25) is 0 Å². The second-order valence-electron chi connectivity index (χ2n) is 7.19. The summed E-state index contributed by atoms with van der Waals surface area (Å²) in [6.07, 6.45) is 3.66. The zero-order chi connectivity index (χ0) is 21.1. The van der Waals surface area contributed by atoms with Crippen molar-refractivity contribution in [1.82, 2.24) is 0 Å². The van der Waals surface area contributed by atoms with Crippen LogP contribution in [0.3, 0.4) is 0 Å². The Kier molecular flexibility index (Phi) is 5.41. The van der Waals surface area contributed by atoms with Crippen molar-refractivity contribution >= 4 is 10.8 Å². The zero-order valence-electron chi connectivity index (χ0n) is 16.3. The predicted octanol–water partition coefficient (Wildman–Crippen LogP) is 7.44. The van der Waals surface area contributed by atoms with E-state index in [4.69, 9.17) is 5.26 Å². The minimum Gasteiger partial charge on any atom is -0.206 e. The van der Waals surface area contributed by atoms with Crippen LogP contribution in [0, 0.1) is 23.0 Å². The van der Waals surface area contributed by atoms with Crippen LogP contribution in [0.4, 0.5) is 8.78 Å². The maximum absolute atomic E-state index is 15.2. The summed E-state index contributed by atoms with van der Waals surface area (Å²) < 4.78 is 29.1. The summed E-state index contributed by atoms with van der Waals surface area (Å²) in [5, 5.41) is 10.3. The molecule has 0 aromatic heterocycles. The van der Waals surface area contributed by atoms with Crippen molar-refractivity contribution in [3.8, 4) is 28.3 Å². The van der Waals surface area contributed by atoms with Gasteiger partial charge in [0.05, 0.1) is 5.56 Å². The third-order valence-electron chi connectivity index (χ3n) is 5.27. The third kappa shape index (κ3) is 3.73. The van der Waals surface area contributed by atoms with Crippen molar-refractivity contribution in [2.45, 2.75) is 12.8 Å². The zero-order valence-corrected chi connectivity index (χ0v) is 16.3. The number of hydrogen-bond donors (Lipinski definition) is 0. The second kappa shape index (κ2) is 8.31. The van der Waals surface area contributed by atoms with Gasteiger partial charge < -0.3 is 0 Å². The predicted molar refractivity (Wildman–Crippen MR) is 118 cm³/mol. The largest absolute Gasteiger partial charge is 0.206 e. The number of nitrogens with zero attached hydrogens (tertiary/aromatic N) is 1. The Labute approximate surface area is 174 Å². The van der Waals surface area contributed by atoms with Crippen LogP contribution >= 0.6 is 0 Å². The molecule has 0 fully saturated rings. The van der Waals surface area contributed by atoms with Crippen LogP contribution in [0.2, 0.25) is 0 Å². The first-order chi connectivity index (χ1) is 14.6. The Balaban J connectivity index is 1.67. The summed E-state index contributed by atoms with van der Waals surface area (Å²) in [5.74, 6) is -0.799. The van der Waals surface area contributed by atoms with Crippen molar-refractivity contribution in [2.75, 3.05) is 0 Å². The molecule has 0 aliphatic heterocycles. The SMILES string of the molecule is C=CCCc1ccc2c(F)c(-c3ccc(-c4ccc(C#N)c(F)c4)cc3)ccc2c1. The highest BCUT2D eigenvalue weighted by Gasteiger charge is 2.11. The number of halogens is 2. The summed E-state index contributed by atoms with van der Waals surface area (Å²) in [4.78, 5) is 0. The molecule has 4 rings (SSSR count). The van der Waals surface area contributed by atoms with Gasteiger partial charge in [-0.05, 0) is 52.6 Å². The van der Waals surface area contributed by atoms with E-state index in [9.17, 15) is 4.39 Å². The lowest BCUT2D eigenvalue weighted by Gasteiger charge is -2.10. The van der Waals surface area contributed by atoms with E-state index in [0.29, 0.717) is 16.5 Å². The molecule has 0 N–H and O–H groups in total. The van der Waals surface area contributed by atoms with Gasteiger partial charge in [0.15, 0.2) is 0 Å². The first-order valence-electron chi connectivity index (χ1n) is 9.73. The van der Waals surface area contributed by atoms with E-state index >= 15 is 4.39 Å². The molecule has 4 aromatic rings. The molecule has 0 radical (unpaired) electrons. The van der Waals surface area contributed by atoms with E-state index in [0.717, 1.165) is 34.9 Å².